The number of nitrogens with zero attached hydrogens (tertiary/aromatic N) is 3. The van der Waals surface area contributed by atoms with E-state index >= 15 is 0 Å². The van der Waals surface area contributed by atoms with Gasteiger partial charge in [0.05, 0.1) is 38.7 Å². The van der Waals surface area contributed by atoms with E-state index in [0.29, 0.717) is 12.3 Å². The lowest BCUT2D eigenvalue weighted by molar-refractivity contribution is 0.0238. The summed E-state index contributed by atoms with van der Waals surface area (Å²) in [6, 6.07) is 0. The number of carbonyl (C=O) groups is 1. The molecule has 0 aliphatic carbocycles. The molecule has 1 atom stereocenters. The van der Waals surface area contributed by atoms with Gasteiger partial charge in [-0.05, 0) is 6.42 Å². The molecular formula is C13H23N3O5. The highest BCUT2D eigenvalue weighted by Crippen LogP contribution is 2.09. The molecule has 1 rings (SSSR count). The van der Waals surface area contributed by atoms with Gasteiger partial charge in [0.2, 0.25) is 0 Å². The molecular weight excluding hydrogens is 278 g/mol. The Morgan fingerprint density at radius 3 is 2.81 bits per heavy atom. The Bertz CT molecular complexity index is 435. The number of aromatic nitrogens is 3. The first kappa shape index (κ1) is 17.5. The van der Waals surface area contributed by atoms with Gasteiger partial charge in [0.15, 0.2) is 5.69 Å². The number of unbranched alkanes of at least 4 members (excludes halogenated alkanes) is 1. The second-order valence-corrected chi connectivity index (χ2v) is 4.57. The maximum Gasteiger partial charge on any atom is 0.360 e. The highest BCUT2D eigenvalue weighted by molar-refractivity contribution is 5.88. The minimum absolute atomic E-state index is 0.0958. The minimum atomic E-state index is -0.732. The van der Waals surface area contributed by atoms with E-state index in [1.54, 1.807) is 0 Å². The maximum absolute atomic E-state index is 11.6. The third-order valence-corrected chi connectivity index (χ3v) is 2.83. The summed E-state index contributed by atoms with van der Waals surface area (Å²) < 4.78 is 16.5. The van der Waals surface area contributed by atoms with Crippen LogP contribution in [0.5, 0.6) is 0 Å². The van der Waals surface area contributed by atoms with Crippen LogP contribution in [0.1, 0.15) is 35.9 Å². The molecule has 0 saturated carbocycles. The molecule has 0 aliphatic rings. The third kappa shape index (κ3) is 5.41. The van der Waals surface area contributed by atoms with Crippen molar-refractivity contribution in [2.45, 2.75) is 39.0 Å². The van der Waals surface area contributed by atoms with E-state index in [9.17, 15) is 9.90 Å². The van der Waals surface area contributed by atoms with Gasteiger partial charge >= 0.3 is 5.97 Å². The fourth-order valence-electron chi connectivity index (χ4n) is 1.73. The number of aliphatic hydroxyl groups is 1. The number of hydrogen-bond acceptors (Lipinski definition) is 7. The number of ether oxygens (including phenoxy) is 3. The fourth-order valence-corrected chi connectivity index (χ4v) is 1.73. The normalized spacial score (nSPS) is 12.4. The van der Waals surface area contributed by atoms with Crippen LogP contribution in [-0.2, 0) is 27.4 Å². The maximum atomic E-state index is 11.6. The van der Waals surface area contributed by atoms with Crippen LogP contribution in [0.25, 0.3) is 0 Å². The lowest BCUT2D eigenvalue weighted by atomic mass is 10.3. The zero-order valence-electron chi connectivity index (χ0n) is 12.7. The molecule has 0 aromatic carbocycles. The highest BCUT2D eigenvalue weighted by atomic mass is 16.5. The van der Waals surface area contributed by atoms with Gasteiger partial charge in [0.25, 0.3) is 0 Å². The standard InChI is InChI=1S/C13H23N3O5/c1-4-5-6-21-8-10(17)7-16-11(9-19-2)12(14-15-16)13(18)20-3/h10,17H,4-9H2,1-3H3. The predicted octanol–water partition coefficient (Wildman–Crippen LogP) is 0.389. The van der Waals surface area contributed by atoms with Crippen molar-refractivity contribution in [2.24, 2.45) is 0 Å². The Morgan fingerprint density at radius 2 is 2.19 bits per heavy atom. The molecule has 120 valence electrons. The van der Waals surface area contributed by atoms with Crippen LogP contribution in [-0.4, -0.2) is 59.6 Å². The summed E-state index contributed by atoms with van der Waals surface area (Å²) in [4.78, 5) is 11.6. The third-order valence-electron chi connectivity index (χ3n) is 2.83. The summed E-state index contributed by atoms with van der Waals surface area (Å²) >= 11 is 0. The van der Waals surface area contributed by atoms with Crippen LogP contribution >= 0.6 is 0 Å². The van der Waals surface area contributed by atoms with E-state index in [2.05, 4.69) is 22.0 Å². The van der Waals surface area contributed by atoms with Crippen molar-refractivity contribution in [3.8, 4) is 0 Å². The van der Waals surface area contributed by atoms with Crippen LogP contribution in [0.4, 0.5) is 0 Å². The summed E-state index contributed by atoms with van der Waals surface area (Å²) in [5.74, 6) is -0.581. The average Bonchev–Trinajstić information content (AvgIpc) is 2.86. The zero-order valence-corrected chi connectivity index (χ0v) is 12.7. The van der Waals surface area contributed by atoms with Gasteiger partial charge in [-0.3, -0.25) is 0 Å². The lowest BCUT2D eigenvalue weighted by Gasteiger charge is -2.13. The molecule has 8 nitrogen and oxygen atoms in total. The number of hydrogen-bond donors (Lipinski definition) is 1. The van der Waals surface area contributed by atoms with Crippen molar-refractivity contribution >= 4 is 5.97 Å². The van der Waals surface area contributed by atoms with Gasteiger partial charge in [0, 0.05) is 13.7 Å². The molecule has 0 bridgehead atoms. The van der Waals surface area contributed by atoms with Crippen molar-refractivity contribution < 1.29 is 24.1 Å². The van der Waals surface area contributed by atoms with E-state index in [0.717, 1.165) is 12.8 Å². The first-order chi connectivity index (χ1) is 10.1. The molecule has 0 aliphatic heterocycles. The van der Waals surface area contributed by atoms with Crippen molar-refractivity contribution in [1.82, 2.24) is 15.0 Å². The molecule has 0 fully saturated rings. The second kappa shape index (κ2) is 9.43. The topological polar surface area (TPSA) is 95.7 Å². The summed E-state index contributed by atoms with van der Waals surface area (Å²) in [6.45, 7) is 3.22. The Kier molecular flexibility index (Phi) is 7.88. The van der Waals surface area contributed by atoms with E-state index in [-0.39, 0.29) is 25.5 Å². The average molecular weight is 301 g/mol. The van der Waals surface area contributed by atoms with Gasteiger partial charge in [0.1, 0.15) is 0 Å². The van der Waals surface area contributed by atoms with Crippen molar-refractivity contribution in [3.63, 3.8) is 0 Å². The van der Waals surface area contributed by atoms with Gasteiger partial charge in [-0.1, -0.05) is 18.6 Å². The lowest BCUT2D eigenvalue weighted by Crippen LogP contribution is -2.24. The molecule has 1 unspecified atom stereocenters. The van der Waals surface area contributed by atoms with E-state index in [1.807, 2.05) is 0 Å². The van der Waals surface area contributed by atoms with Gasteiger partial charge in [-0.15, -0.1) is 5.10 Å². The number of aliphatic hydroxyl groups excluding tert-OH is 1. The van der Waals surface area contributed by atoms with Crippen molar-refractivity contribution in [2.75, 3.05) is 27.4 Å². The molecule has 1 aromatic rings. The van der Waals surface area contributed by atoms with Crippen LogP contribution in [0, 0.1) is 0 Å². The Hall–Kier alpha value is -1.51. The highest BCUT2D eigenvalue weighted by Gasteiger charge is 2.21. The van der Waals surface area contributed by atoms with E-state index in [4.69, 9.17) is 9.47 Å². The van der Waals surface area contributed by atoms with E-state index in [1.165, 1.54) is 18.9 Å². The molecule has 1 heterocycles. The minimum Gasteiger partial charge on any atom is -0.464 e. The Balaban J connectivity index is 2.65. The quantitative estimate of drug-likeness (QED) is 0.493. The van der Waals surface area contributed by atoms with Crippen LogP contribution in [0.2, 0.25) is 0 Å². The van der Waals surface area contributed by atoms with Crippen LogP contribution < -0.4 is 0 Å². The first-order valence-corrected chi connectivity index (χ1v) is 6.89. The molecule has 0 spiro atoms. The molecule has 21 heavy (non-hydrogen) atoms. The monoisotopic (exact) mass is 301 g/mol. The molecule has 0 radical (unpaired) electrons. The predicted molar refractivity (Wildman–Crippen MR) is 73.8 cm³/mol. The fraction of sp³-hybridized carbons (Fsp3) is 0.769. The molecule has 1 aromatic heterocycles. The zero-order chi connectivity index (χ0) is 15.7. The van der Waals surface area contributed by atoms with Crippen LogP contribution in [0.15, 0.2) is 0 Å². The van der Waals surface area contributed by atoms with Gasteiger partial charge in [-0.25, -0.2) is 9.48 Å². The molecule has 1 N–H and O–H groups in total. The smallest absolute Gasteiger partial charge is 0.360 e. The molecule has 0 amide bonds. The summed E-state index contributed by atoms with van der Waals surface area (Å²) in [5.41, 5.74) is 0.565. The Morgan fingerprint density at radius 1 is 1.43 bits per heavy atom. The second-order valence-electron chi connectivity index (χ2n) is 4.57. The number of carbonyl (C=O) groups excluding carboxylic acids is 1. The Labute approximate surface area is 124 Å². The number of rotatable bonds is 10. The SMILES string of the molecule is CCCCOCC(O)Cn1nnc(C(=O)OC)c1COC. The van der Waals surface area contributed by atoms with Gasteiger partial charge < -0.3 is 19.3 Å². The van der Waals surface area contributed by atoms with Crippen molar-refractivity contribution in [1.29, 1.82) is 0 Å². The van der Waals surface area contributed by atoms with Crippen LogP contribution in [0.3, 0.4) is 0 Å². The number of esters is 1. The molecule has 0 saturated heterocycles. The van der Waals surface area contributed by atoms with Crippen molar-refractivity contribution in [3.05, 3.63) is 11.4 Å². The summed E-state index contributed by atoms with van der Waals surface area (Å²) in [5, 5.41) is 17.6. The first-order valence-electron chi connectivity index (χ1n) is 6.89. The summed E-state index contributed by atoms with van der Waals surface area (Å²) in [6.07, 6.45) is 1.27. The number of methoxy groups -OCH3 is 2. The largest absolute Gasteiger partial charge is 0.464 e. The summed E-state index contributed by atoms with van der Waals surface area (Å²) in [7, 11) is 2.77. The van der Waals surface area contributed by atoms with E-state index < -0.39 is 12.1 Å². The van der Waals surface area contributed by atoms with Gasteiger partial charge in [-0.2, -0.15) is 0 Å². The molecule has 8 heteroatoms.